The first-order valence-corrected chi connectivity index (χ1v) is 9.45. The highest BCUT2D eigenvalue weighted by molar-refractivity contribution is 7.13. The Labute approximate surface area is 161 Å². The van der Waals surface area contributed by atoms with Crippen LogP contribution in [0.4, 0.5) is 5.69 Å². The monoisotopic (exact) mass is 381 g/mol. The normalized spacial score (nSPS) is 10.6. The van der Waals surface area contributed by atoms with Gasteiger partial charge in [-0.2, -0.15) is 0 Å². The van der Waals surface area contributed by atoms with E-state index in [-0.39, 0.29) is 11.6 Å². The molecule has 0 unspecified atom stereocenters. The van der Waals surface area contributed by atoms with Crippen LogP contribution < -0.4 is 5.32 Å². The van der Waals surface area contributed by atoms with Crippen LogP contribution in [0, 0.1) is 10.1 Å². The molecule has 0 aliphatic heterocycles. The van der Waals surface area contributed by atoms with Gasteiger partial charge in [0.25, 0.3) is 5.69 Å². The van der Waals surface area contributed by atoms with Gasteiger partial charge in [-0.05, 0) is 30.5 Å². The molecule has 27 heavy (non-hydrogen) atoms. The van der Waals surface area contributed by atoms with E-state index in [0.29, 0.717) is 6.54 Å². The Morgan fingerprint density at radius 2 is 1.78 bits per heavy atom. The van der Waals surface area contributed by atoms with E-state index in [1.807, 2.05) is 17.5 Å². The van der Waals surface area contributed by atoms with Gasteiger partial charge < -0.3 is 5.32 Å². The topological polar surface area (TPSA) is 85.1 Å². The summed E-state index contributed by atoms with van der Waals surface area (Å²) in [7, 11) is 0. The third kappa shape index (κ3) is 4.98. The second kappa shape index (κ2) is 8.55. The van der Waals surface area contributed by atoms with Crippen molar-refractivity contribution in [2.24, 2.45) is 0 Å². The van der Waals surface area contributed by atoms with E-state index in [2.05, 4.69) is 22.4 Å². The van der Waals surface area contributed by atoms with Crippen molar-refractivity contribution >= 4 is 22.9 Å². The van der Waals surface area contributed by atoms with Crippen molar-refractivity contribution in [3.63, 3.8) is 0 Å². The van der Waals surface area contributed by atoms with Gasteiger partial charge in [-0.15, -0.1) is 11.3 Å². The molecular weight excluding hydrogens is 362 g/mol. The van der Waals surface area contributed by atoms with Crippen molar-refractivity contribution in [1.29, 1.82) is 0 Å². The van der Waals surface area contributed by atoms with Crippen molar-refractivity contribution in [1.82, 2.24) is 10.3 Å². The molecular formula is C20H19N3O3S. The van der Waals surface area contributed by atoms with Crippen molar-refractivity contribution in [2.45, 2.75) is 19.8 Å². The van der Waals surface area contributed by atoms with Crippen molar-refractivity contribution in [2.75, 3.05) is 6.54 Å². The Morgan fingerprint density at radius 3 is 2.41 bits per heavy atom. The third-order valence-corrected chi connectivity index (χ3v) is 4.99. The Bertz CT molecular complexity index is 934. The van der Waals surface area contributed by atoms with Crippen LogP contribution in [0.2, 0.25) is 0 Å². The average Bonchev–Trinajstić information content (AvgIpc) is 3.16. The summed E-state index contributed by atoms with van der Waals surface area (Å²) in [6.45, 7) is 2.20. The Kier molecular flexibility index (Phi) is 5.93. The highest BCUT2D eigenvalue weighted by Gasteiger charge is 2.09. The standard InChI is InChI=1S/C20H19N3O3S/c1-14(24)21-12-2-3-15-4-6-16(7-5-15)19-13-27-20(22-19)17-8-10-18(11-9-17)23(25)26/h4-11,13H,2-3,12H2,1H3,(H,21,24). The van der Waals surface area contributed by atoms with Gasteiger partial charge in [0.05, 0.1) is 10.6 Å². The molecule has 2 aromatic carbocycles. The Hall–Kier alpha value is -3.06. The van der Waals surface area contributed by atoms with Crippen LogP contribution in [0.3, 0.4) is 0 Å². The number of aryl methyl sites for hydroxylation is 1. The molecule has 0 aliphatic rings. The molecule has 0 atom stereocenters. The SMILES string of the molecule is CC(=O)NCCCc1ccc(-c2csc(-c3ccc([N+](=O)[O-])cc3)n2)cc1. The molecule has 1 aromatic heterocycles. The van der Waals surface area contributed by atoms with Crippen molar-refractivity contribution in [3.8, 4) is 21.8 Å². The first-order valence-electron chi connectivity index (χ1n) is 8.57. The summed E-state index contributed by atoms with van der Waals surface area (Å²) in [6.07, 6.45) is 1.81. The maximum atomic E-state index is 10.9. The third-order valence-electron chi connectivity index (χ3n) is 4.10. The van der Waals surface area contributed by atoms with E-state index >= 15 is 0 Å². The van der Waals surface area contributed by atoms with E-state index in [1.54, 1.807) is 12.1 Å². The fourth-order valence-electron chi connectivity index (χ4n) is 2.66. The zero-order chi connectivity index (χ0) is 19.2. The molecule has 6 nitrogen and oxygen atoms in total. The summed E-state index contributed by atoms with van der Waals surface area (Å²) in [5.41, 5.74) is 4.08. The number of carbonyl (C=O) groups is 1. The molecule has 0 aliphatic carbocycles. The van der Waals surface area contributed by atoms with Crippen LogP contribution in [0.5, 0.6) is 0 Å². The van der Waals surface area contributed by atoms with Crippen LogP contribution >= 0.6 is 11.3 Å². The first kappa shape index (κ1) is 18.7. The maximum absolute atomic E-state index is 10.9. The minimum absolute atomic E-state index is 0.00212. The maximum Gasteiger partial charge on any atom is 0.269 e. The predicted octanol–water partition coefficient (Wildman–Crippen LogP) is 4.45. The van der Waals surface area contributed by atoms with Gasteiger partial charge in [0.1, 0.15) is 5.01 Å². The van der Waals surface area contributed by atoms with Gasteiger partial charge in [-0.1, -0.05) is 24.3 Å². The molecule has 0 spiro atoms. The zero-order valence-corrected chi connectivity index (χ0v) is 15.7. The molecule has 0 radical (unpaired) electrons. The number of thiazole rings is 1. The molecule has 138 valence electrons. The van der Waals surface area contributed by atoms with Crippen LogP contribution in [0.15, 0.2) is 53.9 Å². The second-order valence-corrected chi connectivity index (χ2v) is 6.98. The summed E-state index contributed by atoms with van der Waals surface area (Å²) in [5, 5.41) is 16.4. The number of hydrogen-bond donors (Lipinski definition) is 1. The summed E-state index contributed by atoms with van der Waals surface area (Å²) in [4.78, 5) is 25.9. The predicted molar refractivity (Wildman–Crippen MR) is 107 cm³/mol. The number of non-ortho nitro benzene ring substituents is 1. The number of nitrogens with zero attached hydrogens (tertiary/aromatic N) is 2. The quantitative estimate of drug-likeness (QED) is 0.372. The summed E-state index contributed by atoms with van der Waals surface area (Å²) in [5.74, 6) is -0.00212. The van der Waals surface area contributed by atoms with Gasteiger partial charge in [0, 0.05) is 42.1 Å². The van der Waals surface area contributed by atoms with Crippen molar-refractivity contribution in [3.05, 3.63) is 69.6 Å². The number of carbonyl (C=O) groups excluding carboxylic acids is 1. The molecule has 0 bridgehead atoms. The van der Waals surface area contributed by atoms with Crippen LogP contribution in [0.25, 0.3) is 21.8 Å². The fourth-order valence-corrected chi connectivity index (χ4v) is 3.50. The van der Waals surface area contributed by atoms with E-state index in [1.165, 1.54) is 36.0 Å². The highest BCUT2D eigenvalue weighted by atomic mass is 32.1. The van der Waals surface area contributed by atoms with Crippen LogP contribution in [-0.4, -0.2) is 22.4 Å². The second-order valence-electron chi connectivity index (χ2n) is 6.13. The van der Waals surface area contributed by atoms with E-state index < -0.39 is 4.92 Å². The summed E-state index contributed by atoms with van der Waals surface area (Å²) >= 11 is 1.51. The molecule has 1 N–H and O–H groups in total. The van der Waals surface area contributed by atoms with Crippen LogP contribution in [0.1, 0.15) is 18.9 Å². The van der Waals surface area contributed by atoms with Crippen molar-refractivity contribution < 1.29 is 9.72 Å². The fraction of sp³-hybridized carbons (Fsp3) is 0.200. The first-order chi connectivity index (χ1) is 13.0. The lowest BCUT2D eigenvalue weighted by Crippen LogP contribution is -2.21. The lowest BCUT2D eigenvalue weighted by Gasteiger charge is -2.04. The lowest BCUT2D eigenvalue weighted by atomic mass is 10.1. The van der Waals surface area contributed by atoms with Gasteiger partial charge in [-0.25, -0.2) is 4.98 Å². The molecule has 1 heterocycles. The minimum Gasteiger partial charge on any atom is -0.356 e. The average molecular weight is 381 g/mol. The number of amides is 1. The highest BCUT2D eigenvalue weighted by Crippen LogP contribution is 2.30. The molecule has 0 saturated heterocycles. The Morgan fingerprint density at radius 1 is 1.11 bits per heavy atom. The molecule has 0 fully saturated rings. The lowest BCUT2D eigenvalue weighted by molar-refractivity contribution is -0.384. The Balaban J connectivity index is 1.65. The zero-order valence-electron chi connectivity index (χ0n) is 14.8. The number of nitro benzene ring substituents is 1. The number of hydrogen-bond acceptors (Lipinski definition) is 5. The number of nitrogens with one attached hydrogen (secondary N) is 1. The molecule has 7 heteroatoms. The van der Waals surface area contributed by atoms with E-state index in [4.69, 9.17) is 0 Å². The van der Waals surface area contributed by atoms with Gasteiger partial charge in [0.2, 0.25) is 5.91 Å². The summed E-state index contributed by atoms with van der Waals surface area (Å²) < 4.78 is 0. The smallest absolute Gasteiger partial charge is 0.269 e. The van der Waals surface area contributed by atoms with Gasteiger partial charge >= 0.3 is 0 Å². The molecule has 1 amide bonds. The number of rotatable bonds is 7. The number of aromatic nitrogens is 1. The molecule has 3 rings (SSSR count). The van der Waals surface area contributed by atoms with Gasteiger partial charge in [-0.3, -0.25) is 14.9 Å². The largest absolute Gasteiger partial charge is 0.356 e. The van der Waals surface area contributed by atoms with Gasteiger partial charge in [0.15, 0.2) is 0 Å². The molecule has 0 saturated carbocycles. The van der Waals surface area contributed by atoms with Crippen LogP contribution in [-0.2, 0) is 11.2 Å². The summed E-state index contributed by atoms with van der Waals surface area (Å²) in [6, 6.07) is 14.7. The molecule has 3 aromatic rings. The van der Waals surface area contributed by atoms with E-state index in [9.17, 15) is 14.9 Å². The minimum atomic E-state index is -0.408. The van der Waals surface area contributed by atoms with E-state index in [0.717, 1.165) is 34.7 Å². The number of benzene rings is 2. The number of nitro groups is 1.